The van der Waals surface area contributed by atoms with Crippen molar-refractivity contribution in [1.29, 1.82) is 0 Å². The lowest BCUT2D eigenvalue weighted by atomic mass is 10.1. The Labute approximate surface area is 152 Å². The van der Waals surface area contributed by atoms with E-state index in [0.717, 1.165) is 25.9 Å². The molecule has 0 bridgehead atoms. The Bertz CT molecular complexity index is 274. The van der Waals surface area contributed by atoms with Gasteiger partial charge in [-0.3, -0.25) is 0 Å². The van der Waals surface area contributed by atoms with Crippen molar-refractivity contribution in [3.05, 3.63) is 12.2 Å². The molecule has 0 fully saturated rings. The molecule has 0 radical (unpaired) electrons. The molecule has 3 nitrogen and oxygen atoms in total. The third kappa shape index (κ3) is 18.0. The molecule has 24 heavy (non-hydrogen) atoms. The lowest BCUT2D eigenvalue weighted by Gasteiger charge is -2.25. The molecule has 0 atom stereocenters. The van der Waals surface area contributed by atoms with Gasteiger partial charge in [-0.05, 0) is 38.5 Å². The highest BCUT2D eigenvalue weighted by molar-refractivity contribution is 4.81. The highest BCUT2D eigenvalue weighted by Crippen LogP contribution is 2.10. The molecule has 0 aliphatic carbocycles. The van der Waals surface area contributed by atoms with Crippen LogP contribution in [0.4, 0.5) is 0 Å². The molecule has 0 heterocycles. The first kappa shape index (κ1) is 23.6. The highest BCUT2D eigenvalue weighted by Gasteiger charge is 2.14. The lowest BCUT2D eigenvalue weighted by molar-refractivity contribution is -0.951. The summed E-state index contributed by atoms with van der Waals surface area (Å²) in [6.45, 7) is 6.20. The molecular formula is C21H46N3+. The molecular weight excluding hydrogens is 294 g/mol. The molecule has 0 saturated carbocycles. The molecule has 0 aliphatic heterocycles. The maximum absolute atomic E-state index is 6.00. The van der Waals surface area contributed by atoms with Gasteiger partial charge in [0.1, 0.15) is 13.1 Å². The molecule has 0 unspecified atom stereocenters. The molecule has 0 saturated heterocycles. The Balaban J connectivity index is 3.21. The molecule has 0 rings (SSSR count). The monoisotopic (exact) mass is 340 g/mol. The van der Waals surface area contributed by atoms with Crippen LogP contribution in [0, 0.1) is 0 Å². The van der Waals surface area contributed by atoms with Crippen LogP contribution >= 0.6 is 0 Å². The normalized spacial score (nSPS) is 12.3. The summed E-state index contributed by atoms with van der Waals surface area (Å²) in [7, 11) is 0. The maximum Gasteiger partial charge on any atom is 0.114 e. The Kier molecular flexibility index (Phi) is 17.2. The van der Waals surface area contributed by atoms with Crippen molar-refractivity contribution in [1.82, 2.24) is 0 Å². The van der Waals surface area contributed by atoms with E-state index >= 15 is 0 Å². The number of nitrogens with two attached hydrogens (primary N) is 2. The minimum absolute atomic E-state index is 0.208. The van der Waals surface area contributed by atoms with Gasteiger partial charge < -0.3 is 0 Å². The van der Waals surface area contributed by atoms with Crippen LogP contribution in [0.15, 0.2) is 12.2 Å². The Morgan fingerprint density at radius 2 is 1.00 bits per heavy atom. The summed E-state index contributed by atoms with van der Waals surface area (Å²) in [5.74, 6) is 12.0. The van der Waals surface area contributed by atoms with Crippen LogP contribution in [0.2, 0.25) is 0 Å². The summed E-state index contributed by atoms with van der Waals surface area (Å²) in [6, 6.07) is 0. The van der Waals surface area contributed by atoms with E-state index in [-0.39, 0.29) is 4.70 Å². The Morgan fingerprint density at radius 3 is 1.50 bits per heavy atom. The molecule has 0 aromatic heterocycles. The molecule has 4 N–H and O–H groups in total. The van der Waals surface area contributed by atoms with Crippen molar-refractivity contribution in [2.45, 2.75) is 110 Å². The third-order valence-electron chi connectivity index (χ3n) is 4.73. The van der Waals surface area contributed by atoms with Gasteiger partial charge in [-0.1, -0.05) is 77.4 Å². The number of nitrogens with zero attached hydrogens (tertiary/aromatic N) is 1. The first-order valence-electron chi connectivity index (χ1n) is 10.7. The van der Waals surface area contributed by atoms with Gasteiger partial charge in [-0.15, -0.1) is 0 Å². The molecule has 3 heteroatoms. The minimum Gasteiger partial charge on any atom is -0.176 e. The second-order valence-electron chi connectivity index (χ2n) is 7.49. The van der Waals surface area contributed by atoms with Crippen LogP contribution in [-0.2, 0) is 0 Å². The fraction of sp³-hybridized carbons (Fsp3) is 0.905. The largest absolute Gasteiger partial charge is 0.176 e. The van der Waals surface area contributed by atoms with Gasteiger partial charge in [0.25, 0.3) is 0 Å². The average molecular weight is 341 g/mol. The number of rotatable bonds is 18. The SMILES string of the molecule is CCCCCCCCC=CCCCCCCCC[N+](N)(N)CCC. The average Bonchev–Trinajstić information content (AvgIpc) is 2.54. The zero-order valence-corrected chi connectivity index (χ0v) is 16.8. The van der Waals surface area contributed by atoms with Gasteiger partial charge >= 0.3 is 0 Å². The van der Waals surface area contributed by atoms with Crippen LogP contribution in [0.1, 0.15) is 110 Å². The first-order valence-corrected chi connectivity index (χ1v) is 10.7. The Hall–Kier alpha value is -0.380. The molecule has 0 spiro atoms. The van der Waals surface area contributed by atoms with Gasteiger partial charge in [0.15, 0.2) is 0 Å². The summed E-state index contributed by atoms with van der Waals surface area (Å²) in [6.07, 6.45) is 24.6. The quantitative estimate of drug-likeness (QED) is 0.106. The molecule has 144 valence electrons. The predicted molar refractivity (Wildman–Crippen MR) is 108 cm³/mol. The summed E-state index contributed by atoms with van der Waals surface area (Å²) in [4.78, 5) is 0. The lowest BCUT2D eigenvalue weighted by Crippen LogP contribution is -2.61. The predicted octanol–water partition coefficient (Wildman–Crippen LogP) is 6.00. The van der Waals surface area contributed by atoms with Crippen LogP contribution in [0.25, 0.3) is 0 Å². The third-order valence-corrected chi connectivity index (χ3v) is 4.73. The maximum atomic E-state index is 6.00. The van der Waals surface area contributed by atoms with Crippen molar-refractivity contribution in [3.8, 4) is 0 Å². The van der Waals surface area contributed by atoms with Crippen LogP contribution < -0.4 is 11.7 Å². The second-order valence-corrected chi connectivity index (χ2v) is 7.49. The van der Waals surface area contributed by atoms with Crippen LogP contribution in [0.5, 0.6) is 0 Å². The van der Waals surface area contributed by atoms with Crippen molar-refractivity contribution >= 4 is 0 Å². The van der Waals surface area contributed by atoms with E-state index in [1.807, 2.05) is 0 Å². The van der Waals surface area contributed by atoms with Crippen molar-refractivity contribution < 1.29 is 4.70 Å². The zero-order valence-electron chi connectivity index (χ0n) is 16.8. The van der Waals surface area contributed by atoms with Gasteiger partial charge in [0.2, 0.25) is 0 Å². The molecule has 0 amide bonds. The summed E-state index contributed by atoms with van der Waals surface area (Å²) < 4.78 is 0.208. The zero-order chi connectivity index (χ0) is 17.9. The molecule has 0 aliphatic rings. The molecule has 0 aromatic carbocycles. The van der Waals surface area contributed by atoms with E-state index < -0.39 is 0 Å². The van der Waals surface area contributed by atoms with Gasteiger partial charge in [0, 0.05) is 6.42 Å². The van der Waals surface area contributed by atoms with Gasteiger partial charge in [0.05, 0.1) is 0 Å². The van der Waals surface area contributed by atoms with E-state index in [0.29, 0.717) is 0 Å². The fourth-order valence-corrected chi connectivity index (χ4v) is 3.18. The minimum atomic E-state index is 0.208. The number of quaternary nitrogens is 1. The number of allylic oxidation sites excluding steroid dienone is 2. The fourth-order valence-electron chi connectivity index (χ4n) is 3.18. The van der Waals surface area contributed by atoms with E-state index in [4.69, 9.17) is 11.7 Å². The van der Waals surface area contributed by atoms with Crippen LogP contribution in [0.3, 0.4) is 0 Å². The Morgan fingerprint density at radius 1 is 0.542 bits per heavy atom. The summed E-state index contributed by atoms with van der Waals surface area (Å²) in [5, 5.41) is 0. The van der Waals surface area contributed by atoms with Gasteiger partial charge in [-0.2, -0.15) is 16.4 Å². The standard InChI is InChI=1S/C21H46N3/c1-3-5-6-7-8-9-10-11-12-13-14-15-16-17-18-19-21-24(22,23)20-4-2/h11-12H,3-10,13-23H2,1-2H3/q+1. The van der Waals surface area contributed by atoms with E-state index in [2.05, 4.69) is 26.0 Å². The van der Waals surface area contributed by atoms with Crippen molar-refractivity contribution in [2.75, 3.05) is 13.1 Å². The van der Waals surface area contributed by atoms with E-state index in [9.17, 15) is 0 Å². The van der Waals surface area contributed by atoms with Gasteiger partial charge in [-0.25, -0.2) is 0 Å². The summed E-state index contributed by atoms with van der Waals surface area (Å²) >= 11 is 0. The number of hydrogen-bond donors (Lipinski definition) is 2. The number of hydrogen-bond acceptors (Lipinski definition) is 2. The summed E-state index contributed by atoms with van der Waals surface area (Å²) in [5.41, 5.74) is 0. The topological polar surface area (TPSA) is 52.0 Å². The number of unbranched alkanes of at least 4 members (excludes halogenated alkanes) is 12. The van der Waals surface area contributed by atoms with E-state index in [1.165, 1.54) is 83.5 Å². The van der Waals surface area contributed by atoms with Crippen molar-refractivity contribution in [3.63, 3.8) is 0 Å². The van der Waals surface area contributed by atoms with Crippen molar-refractivity contribution in [2.24, 2.45) is 11.7 Å². The van der Waals surface area contributed by atoms with Crippen LogP contribution in [-0.4, -0.2) is 17.8 Å². The smallest absolute Gasteiger partial charge is 0.114 e. The molecule has 0 aromatic rings. The second kappa shape index (κ2) is 17.4. The first-order chi connectivity index (χ1) is 11.6. The van der Waals surface area contributed by atoms with E-state index in [1.54, 1.807) is 0 Å². The highest BCUT2D eigenvalue weighted by atomic mass is 15.7.